The second-order valence-corrected chi connectivity index (χ2v) is 7.62. The average Bonchev–Trinajstić information content (AvgIpc) is 3.28. The first-order valence-electron chi connectivity index (χ1n) is 10.4. The van der Waals surface area contributed by atoms with Gasteiger partial charge in [0.05, 0.1) is 26.5 Å². The number of rotatable bonds is 7. The second kappa shape index (κ2) is 9.78. The lowest BCUT2D eigenvalue weighted by Gasteiger charge is -2.30. The topological polar surface area (TPSA) is 89.7 Å². The highest BCUT2D eigenvalue weighted by Gasteiger charge is 2.26. The highest BCUT2D eigenvalue weighted by Crippen LogP contribution is 2.30. The van der Waals surface area contributed by atoms with Crippen molar-refractivity contribution >= 4 is 11.6 Å². The van der Waals surface area contributed by atoms with E-state index in [-0.39, 0.29) is 17.6 Å². The molecule has 1 aromatic heterocycles. The molecule has 4 rings (SSSR count). The van der Waals surface area contributed by atoms with E-state index in [9.17, 15) is 9.18 Å². The van der Waals surface area contributed by atoms with Gasteiger partial charge in [-0.3, -0.25) is 9.69 Å². The van der Waals surface area contributed by atoms with Gasteiger partial charge in [-0.1, -0.05) is 5.16 Å². The van der Waals surface area contributed by atoms with Crippen LogP contribution in [0.2, 0.25) is 0 Å². The molecule has 1 aliphatic rings. The summed E-state index contributed by atoms with van der Waals surface area (Å²) >= 11 is 0. The molecule has 1 N–H and O–H groups in total. The Morgan fingerprint density at radius 1 is 1.16 bits per heavy atom. The molecule has 0 radical (unpaired) electrons. The van der Waals surface area contributed by atoms with E-state index in [0.29, 0.717) is 41.0 Å². The van der Waals surface area contributed by atoms with Crippen LogP contribution >= 0.6 is 0 Å². The first-order chi connectivity index (χ1) is 15.6. The standard InChI is InChI=1S/C23H25FN4O4/c1-30-18-7-8-19(20(13-18)31-2)25-23(29)16-9-11-28(12-10-16)14-21-26-22(27-32-21)15-3-5-17(24)6-4-15/h3-8,13,16H,9-12,14H2,1-2H3,(H,25,29). The predicted molar refractivity (Wildman–Crippen MR) is 116 cm³/mol. The minimum absolute atomic E-state index is 0.0236. The van der Waals surface area contributed by atoms with Gasteiger partial charge in [-0.2, -0.15) is 4.98 Å². The number of ether oxygens (including phenoxy) is 2. The number of methoxy groups -OCH3 is 2. The molecule has 3 aromatic rings. The molecule has 32 heavy (non-hydrogen) atoms. The number of carbonyl (C=O) groups is 1. The van der Waals surface area contributed by atoms with Crippen molar-refractivity contribution in [1.82, 2.24) is 15.0 Å². The summed E-state index contributed by atoms with van der Waals surface area (Å²) in [5.41, 5.74) is 1.32. The number of piperidine rings is 1. The number of nitrogens with zero attached hydrogens (tertiary/aromatic N) is 3. The van der Waals surface area contributed by atoms with E-state index in [1.54, 1.807) is 44.6 Å². The fourth-order valence-electron chi connectivity index (χ4n) is 3.72. The Kier molecular flexibility index (Phi) is 6.65. The van der Waals surface area contributed by atoms with Gasteiger partial charge in [0.25, 0.3) is 0 Å². The lowest BCUT2D eigenvalue weighted by molar-refractivity contribution is -0.121. The maximum atomic E-state index is 13.1. The molecule has 0 atom stereocenters. The number of carbonyl (C=O) groups excluding carboxylic acids is 1. The van der Waals surface area contributed by atoms with Crippen LogP contribution in [0.1, 0.15) is 18.7 Å². The van der Waals surface area contributed by atoms with Gasteiger partial charge in [0.15, 0.2) is 0 Å². The van der Waals surface area contributed by atoms with Crippen molar-refractivity contribution in [3.8, 4) is 22.9 Å². The van der Waals surface area contributed by atoms with E-state index < -0.39 is 0 Å². The molecular weight excluding hydrogens is 415 g/mol. The van der Waals surface area contributed by atoms with Gasteiger partial charge in [0.2, 0.25) is 17.6 Å². The minimum atomic E-state index is -0.310. The van der Waals surface area contributed by atoms with Gasteiger partial charge in [0, 0.05) is 17.5 Å². The van der Waals surface area contributed by atoms with Crippen molar-refractivity contribution in [3.05, 3.63) is 54.2 Å². The predicted octanol–water partition coefficient (Wildman–Crippen LogP) is 3.74. The van der Waals surface area contributed by atoms with Gasteiger partial charge in [0.1, 0.15) is 17.3 Å². The highest BCUT2D eigenvalue weighted by molar-refractivity contribution is 5.94. The van der Waals surface area contributed by atoms with E-state index in [1.165, 1.54) is 12.1 Å². The molecule has 0 unspecified atom stereocenters. The number of halogens is 1. The number of nitrogens with one attached hydrogen (secondary N) is 1. The summed E-state index contributed by atoms with van der Waals surface area (Å²) < 4.78 is 29.0. The molecule has 1 saturated heterocycles. The number of aromatic nitrogens is 2. The molecule has 1 amide bonds. The molecule has 0 aliphatic carbocycles. The zero-order valence-electron chi connectivity index (χ0n) is 18.0. The molecule has 1 fully saturated rings. The molecule has 2 aromatic carbocycles. The molecule has 0 bridgehead atoms. The summed E-state index contributed by atoms with van der Waals surface area (Å²) in [5, 5.41) is 6.95. The van der Waals surface area contributed by atoms with Crippen molar-refractivity contribution in [1.29, 1.82) is 0 Å². The number of anilines is 1. The average molecular weight is 440 g/mol. The normalized spacial score (nSPS) is 14.8. The maximum Gasteiger partial charge on any atom is 0.241 e. The Hall–Kier alpha value is -3.46. The zero-order valence-corrected chi connectivity index (χ0v) is 18.0. The van der Waals surface area contributed by atoms with Crippen LogP contribution < -0.4 is 14.8 Å². The number of amides is 1. The van der Waals surface area contributed by atoms with Gasteiger partial charge >= 0.3 is 0 Å². The number of hydrogen-bond donors (Lipinski definition) is 1. The SMILES string of the molecule is COc1ccc(NC(=O)C2CCN(Cc3nc(-c4ccc(F)cc4)no3)CC2)c(OC)c1. The third-order valence-corrected chi connectivity index (χ3v) is 5.55. The molecular formula is C23H25FN4O4. The summed E-state index contributed by atoms with van der Waals surface area (Å²) in [6.45, 7) is 1.99. The van der Waals surface area contributed by atoms with Crippen LogP contribution in [0.4, 0.5) is 10.1 Å². The molecule has 2 heterocycles. The monoisotopic (exact) mass is 440 g/mol. The van der Waals surface area contributed by atoms with Gasteiger partial charge in [-0.05, 0) is 62.3 Å². The molecule has 168 valence electrons. The highest BCUT2D eigenvalue weighted by atomic mass is 19.1. The van der Waals surface area contributed by atoms with Crippen LogP contribution in [0.5, 0.6) is 11.5 Å². The minimum Gasteiger partial charge on any atom is -0.497 e. The van der Waals surface area contributed by atoms with Crippen molar-refractivity contribution in [2.24, 2.45) is 5.92 Å². The lowest BCUT2D eigenvalue weighted by Crippen LogP contribution is -2.37. The quantitative estimate of drug-likeness (QED) is 0.599. The zero-order chi connectivity index (χ0) is 22.5. The van der Waals surface area contributed by atoms with Crippen molar-refractivity contribution in [2.45, 2.75) is 19.4 Å². The summed E-state index contributed by atoms with van der Waals surface area (Å²) in [5.74, 6) is 1.73. The van der Waals surface area contributed by atoms with Crippen LogP contribution in [-0.2, 0) is 11.3 Å². The summed E-state index contributed by atoms with van der Waals surface area (Å²) in [7, 11) is 3.14. The Bertz CT molecular complexity index is 1060. The fraction of sp³-hybridized carbons (Fsp3) is 0.348. The Morgan fingerprint density at radius 3 is 2.59 bits per heavy atom. The number of benzene rings is 2. The summed E-state index contributed by atoms with van der Waals surface area (Å²) in [6, 6.07) is 11.3. The second-order valence-electron chi connectivity index (χ2n) is 7.62. The van der Waals surface area contributed by atoms with Crippen LogP contribution in [0, 0.1) is 11.7 Å². The molecule has 0 saturated carbocycles. The third kappa shape index (κ3) is 5.05. The number of hydrogen-bond acceptors (Lipinski definition) is 7. The van der Waals surface area contributed by atoms with E-state index in [0.717, 1.165) is 25.9 Å². The van der Waals surface area contributed by atoms with E-state index in [1.807, 2.05) is 0 Å². The molecule has 9 heteroatoms. The van der Waals surface area contributed by atoms with Crippen molar-refractivity contribution in [2.75, 3.05) is 32.6 Å². The third-order valence-electron chi connectivity index (χ3n) is 5.55. The van der Waals surface area contributed by atoms with Crippen LogP contribution in [0.3, 0.4) is 0 Å². The van der Waals surface area contributed by atoms with Crippen molar-refractivity contribution < 1.29 is 23.2 Å². The van der Waals surface area contributed by atoms with Crippen LogP contribution in [0.25, 0.3) is 11.4 Å². The van der Waals surface area contributed by atoms with E-state index in [4.69, 9.17) is 14.0 Å². The van der Waals surface area contributed by atoms with Crippen molar-refractivity contribution in [3.63, 3.8) is 0 Å². The van der Waals surface area contributed by atoms with Crippen LogP contribution in [0.15, 0.2) is 47.0 Å². The number of likely N-dealkylation sites (tertiary alicyclic amines) is 1. The Labute approximate surface area is 185 Å². The lowest BCUT2D eigenvalue weighted by atomic mass is 9.96. The fourth-order valence-corrected chi connectivity index (χ4v) is 3.72. The van der Waals surface area contributed by atoms with E-state index >= 15 is 0 Å². The van der Waals surface area contributed by atoms with E-state index in [2.05, 4.69) is 20.4 Å². The summed E-state index contributed by atoms with van der Waals surface area (Å²) in [6.07, 6.45) is 1.45. The van der Waals surface area contributed by atoms with Crippen LogP contribution in [-0.4, -0.2) is 48.3 Å². The van der Waals surface area contributed by atoms with Gasteiger partial charge in [-0.15, -0.1) is 0 Å². The van der Waals surface area contributed by atoms with Gasteiger partial charge in [-0.25, -0.2) is 4.39 Å². The first kappa shape index (κ1) is 21.8. The smallest absolute Gasteiger partial charge is 0.241 e. The maximum absolute atomic E-state index is 13.1. The van der Waals surface area contributed by atoms with Gasteiger partial charge < -0.3 is 19.3 Å². The summed E-state index contributed by atoms with van der Waals surface area (Å²) in [4.78, 5) is 19.3. The molecule has 0 spiro atoms. The Morgan fingerprint density at radius 2 is 1.91 bits per heavy atom. The Balaban J connectivity index is 1.30. The molecule has 1 aliphatic heterocycles. The molecule has 8 nitrogen and oxygen atoms in total. The first-order valence-corrected chi connectivity index (χ1v) is 10.4. The largest absolute Gasteiger partial charge is 0.497 e.